The molecule has 0 saturated heterocycles. The van der Waals surface area contributed by atoms with E-state index in [0.717, 1.165) is 30.3 Å². The smallest absolute Gasteiger partial charge is 0.119 e. The van der Waals surface area contributed by atoms with Gasteiger partial charge in [0.1, 0.15) is 5.75 Å². The van der Waals surface area contributed by atoms with Crippen molar-refractivity contribution in [3.63, 3.8) is 0 Å². The van der Waals surface area contributed by atoms with Crippen molar-refractivity contribution in [2.45, 2.75) is 27.2 Å². The first-order valence-corrected chi connectivity index (χ1v) is 7.67. The highest BCUT2D eigenvalue weighted by atomic mass is 32.2. The summed E-state index contributed by atoms with van der Waals surface area (Å²) in [7, 11) is 0. The number of aliphatic hydroxyl groups is 1. The van der Waals surface area contributed by atoms with E-state index in [9.17, 15) is 0 Å². The minimum absolute atomic E-state index is 0.284. The summed E-state index contributed by atoms with van der Waals surface area (Å²) >= 11 is 1.89. The van der Waals surface area contributed by atoms with E-state index in [0.29, 0.717) is 5.92 Å². The van der Waals surface area contributed by atoms with Crippen LogP contribution in [-0.2, 0) is 0 Å². The lowest BCUT2D eigenvalue weighted by molar-refractivity contribution is 0.250. The Morgan fingerprint density at radius 1 is 1.22 bits per heavy atom. The second-order valence-electron chi connectivity index (χ2n) is 4.89. The Hall–Kier alpha value is -0.670. The molecule has 1 atom stereocenters. The molecule has 0 aliphatic rings. The van der Waals surface area contributed by atoms with Gasteiger partial charge in [0, 0.05) is 6.61 Å². The van der Waals surface area contributed by atoms with Gasteiger partial charge in [-0.05, 0) is 61.0 Å². The summed E-state index contributed by atoms with van der Waals surface area (Å²) in [4.78, 5) is 0. The Bertz CT molecular complexity index is 332. The zero-order chi connectivity index (χ0) is 13.4. The molecule has 1 unspecified atom stereocenters. The fraction of sp³-hybridized carbons (Fsp3) is 0.600. The van der Waals surface area contributed by atoms with E-state index >= 15 is 0 Å². The standard InChI is InChI=1S/C15H24O2S/c1-12-7-13(2)9-15(8-12)17-5-4-6-18-11-14(3)10-16/h7-9,14,16H,4-6,10-11H2,1-3H3. The number of rotatable bonds is 8. The Labute approximate surface area is 115 Å². The second kappa shape index (κ2) is 8.44. The van der Waals surface area contributed by atoms with Crippen LogP contribution in [0, 0.1) is 19.8 Å². The molecule has 2 nitrogen and oxygen atoms in total. The number of aryl methyl sites for hydroxylation is 2. The van der Waals surface area contributed by atoms with Crippen LogP contribution < -0.4 is 4.74 Å². The van der Waals surface area contributed by atoms with Gasteiger partial charge in [0.05, 0.1) is 6.61 Å². The third-order valence-corrected chi connectivity index (χ3v) is 3.99. The molecule has 1 aromatic carbocycles. The van der Waals surface area contributed by atoms with E-state index in [1.807, 2.05) is 11.8 Å². The van der Waals surface area contributed by atoms with E-state index in [2.05, 4.69) is 39.0 Å². The molecule has 102 valence electrons. The van der Waals surface area contributed by atoms with Gasteiger partial charge in [0.15, 0.2) is 0 Å². The van der Waals surface area contributed by atoms with Gasteiger partial charge in [-0.2, -0.15) is 11.8 Å². The predicted molar refractivity (Wildman–Crippen MR) is 79.6 cm³/mol. The molecule has 0 heterocycles. The predicted octanol–water partition coefficient (Wildman–Crippen LogP) is 3.43. The molecule has 0 fully saturated rings. The van der Waals surface area contributed by atoms with Gasteiger partial charge in [0.2, 0.25) is 0 Å². The maximum Gasteiger partial charge on any atom is 0.119 e. The van der Waals surface area contributed by atoms with Gasteiger partial charge in [-0.25, -0.2) is 0 Å². The van der Waals surface area contributed by atoms with Crippen molar-refractivity contribution < 1.29 is 9.84 Å². The van der Waals surface area contributed by atoms with E-state index in [4.69, 9.17) is 9.84 Å². The molecule has 0 aromatic heterocycles. The van der Waals surface area contributed by atoms with Gasteiger partial charge in [-0.15, -0.1) is 0 Å². The van der Waals surface area contributed by atoms with Crippen LogP contribution in [0.2, 0.25) is 0 Å². The topological polar surface area (TPSA) is 29.5 Å². The zero-order valence-electron chi connectivity index (χ0n) is 11.6. The fourth-order valence-corrected chi connectivity index (χ4v) is 2.70. The monoisotopic (exact) mass is 268 g/mol. The average molecular weight is 268 g/mol. The Balaban J connectivity index is 2.14. The molecule has 0 bridgehead atoms. The van der Waals surface area contributed by atoms with Gasteiger partial charge in [-0.3, -0.25) is 0 Å². The van der Waals surface area contributed by atoms with Crippen molar-refractivity contribution in [2.24, 2.45) is 5.92 Å². The zero-order valence-corrected chi connectivity index (χ0v) is 12.4. The molecule has 18 heavy (non-hydrogen) atoms. The largest absolute Gasteiger partial charge is 0.494 e. The molecular weight excluding hydrogens is 244 g/mol. The van der Waals surface area contributed by atoms with Crippen LogP contribution in [0.4, 0.5) is 0 Å². The van der Waals surface area contributed by atoms with Crippen molar-refractivity contribution in [3.05, 3.63) is 29.3 Å². The summed E-state index contributed by atoms with van der Waals surface area (Å²) < 4.78 is 5.74. The van der Waals surface area contributed by atoms with Crippen molar-refractivity contribution >= 4 is 11.8 Å². The molecule has 0 aliphatic heterocycles. The molecular formula is C15H24O2S. The Kier molecular flexibility index (Phi) is 7.21. The van der Waals surface area contributed by atoms with Crippen LogP contribution in [-0.4, -0.2) is 29.8 Å². The van der Waals surface area contributed by atoms with Gasteiger partial charge in [-0.1, -0.05) is 13.0 Å². The number of thioether (sulfide) groups is 1. The number of ether oxygens (including phenoxy) is 1. The quantitative estimate of drug-likeness (QED) is 0.732. The summed E-state index contributed by atoms with van der Waals surface area (Å²) in [6.45, 7) is 7.30. The summed E-state index contributed by atoms with van der Waals surface area (Å²) in [5.41, 5.74) is 2.49. The molecule has 0 aliphatic carbocycles. The van der Waals surface area contributed by atoms with E-state index in [-0.39, 0.29) is 6.61 Å². The SMILES string of the molecule is Cc1cc(C)cc(OCCCSCC(C)CO)c1. The summed E-state index contributed by atoms with van der Waals surface area (Å²) in [6.07, 6.45) is 1.05. The lowest BCUT2D eigenvalue weighted by Gasteiger charge is -2.09. The lowest BCUT2D eigenvalue weighted by atomic mass is 10.1. The van der Waals surface area contributed by atoms with Crippen LogP contribution in [0.15, 0.2) is 18.2 Å². The lowest BCUT2D eigenvalue weighted by Crippen LogP contribution is -2.05. The number of benzene rings is 1. The van der Waals surface area contributed by atoms with Gasteiger partial charge < -0.3 is 9.84 Å². The molecule has 1 rings (SSSR count). The molecule has 1 aromatic rings. The minimum atomic E-state index is 0.284. The third-order valence-electron chi connectivity index (χ3n) is 2.61. The highest BCUT2D eigenvalue weighted by molar-refractivity contribution is 7.99. The highest BCUT2D eigenvalue weighted by Crippen LogP contribution is 2.16. The fourth-order valence-electron chi connectivity index (χ4n) is 1.70. The third kappa shape index (κ3) is 6.31. The highest BCUT2D eigenvalue weighted by Gasteiger charge is 2.00. The number of hydrogen-bond acceptors (Lipinski definition) is 3. The summed E-state index contributed by atoms with van der Waals surface area (Å²) in [5.74, 6) is 3.49. The first kappa shape index (κ1) is 15.4. The molecule has 0 amide bonds. The van der Waals surface area contributed by atoms with Gasteiger partial charge >= 0.3 is 0 Å². The van der Waals surface area contributed by atoms with Crippen LogP contribution in [0.1, 0.15) is 24.5 Å². The van der Waals surface area contributed by atoms with Gasteiger partial charge in [0.25, 0.3) is 0 Å². The first-order valence-electron chi connectivity index (χ1n) is 6.51. The molecule has 0 radical (unpaired) electrons. The summed E-state index contributed by atoms with van der Waals surface area (Å²) in [6, 6.07) is 6.31. The molecule has 0 spiro atoms. The maximum atomic E-state index is 8.90. The normalized spacial score (nSPS) is 12.4. The van der Waals surface area contributed by atoms with E-state index in [1.54, 1.807) is 0 Å². The Morgan fingerprint density at radius 2 is 1.89 bits per heavy atom. The van der Waals surface area contributed by atoms with E-state index in [1.165, 1.54) is 11.1 Å². The average Bonchev–Trinajstić information content (AvgIpc) is 2.32. The van der Waals surface area contributed by atoms with Crippen molar-refractivity contribution in [1.29, 1.82) is 0 Å². The second-order valence-corrected chi connectivity index (χ2v) is 6.04. The van der Waals surface area contributed by atoms with Crippen molar-refractivity contribution in [3.8, 4) is 5.75 Å². The number of aliphatic hydroxyl groups excluding tert-OH is 1. The molecule has 0 saturated carbocycles. The van der Waals surface area contributed by atoms with Crippen molar-refractivity contribution in [1.82, 2.24) is 0 Å². The van der Waals surface area contributed by atoms with Crippen LogP contribution in [0.25, 0.3) is 0 Å². The maximum absolute atomic E-state index is 8.90. The van der Waals surface area contributed by atoms with Crippen LogP contribution in [0.3, 0.4) is 0 Å². The van der Waals surface area contributed by atoms with Crippen LogP contribution in [0.5, 0.6) is 5.75 Å². The molecule has 1 N–H and O–H groups in total. The Morgan fingerprint density at radius 3 is 2.50 bits per heavy atom. The first-order chi connectivity index (χ1) is 8.61. The number of hydrogen-bond donors (Lipinski definition) is 1. The minimum Gasteiger partial charge on any atom is -0.494 e. The van der Waals surface area contributed by atoms with E-state index < -0.39 is 0 Å². The molecule has 3 heteroatoms. The van der Waals surface area contributed by atoms with Crippen molar-refractivity contribution in [2.75, 3.05) is 24.7 Å². The summed E-state index contributed by atoms with van der Waals surface area (Å²) in [5, 5.41) is 8.90. The van der Waals surface area contributed by atoms with Crippen LogP contribution >= 0.6 is 11.8 Å².